The van der Waals surface area contributed by atoms with Gasteiger partial charge in [-0.15, -0.1) is 0 Å². The Bertz CT molecular complexity index is 339. The molecule has 2 unspecified atom stereocenters. The van der Waals surface area contributed by atoms with Gasteiger partial charge in [0.2, 0.25) is 0 Å². The molecular weight excluding hydrogens is 208 g/mol. The lowest BCUT2D eigenvalue weighted by Gasteiger charge is -2.23. The summed E-state index contributed by atoms with van der Waals surface area (Å²) in [5, 5.41) is 3.06. The SMILES string of the molecule is CCC(C)C(CNC)c1ccc(F)cc1F. The van der Waals surface area contributed by atoms with Crippen LogP contribution >= 0.6 is 0 Å². The lowest BCUT2D eigenvalue weighted by molar-refractivity contribution is 0.415. The van der Waals surface area contributed by atoms with E-state index in [1.54, 1.807) is 6.07 Å². The van der Waals surface area contributed by atoms with Gasteiger partial charge < -0.3 is 5.32 Å². The van der Waals surface area contributed by atoms with Gasteiger partial charge >= 0.3 is 0 Å². The molecule has 2 atom stereocenters. The lowest BCUT2D eigenvalue weighted by Crippen LogP contribution is -2.23. The largest absolute Gasteiger partial charge is 0.319 e. The predicted octanol–water partition coefficient (Wildman–Crippen LogP) is 3.31. The topological polar surface area (TPSA) is 12.0 Å². The molecule has 90 valence electrons. The maximum atomic E-state index is 13.7. The van der Waals surface area contributed by atoms with E-state index in [4.69, 9.17) is 0 Å². The van der Waals surface area contributed by atoms with Gasteiger partial charge in [0, 0.05) is 18.5 Å². The van der Waals surface area contributed by atoms with Crippen LogP contribution in [0.5, 0.6) is 0 Å². The van der Waals surface area contributed by atoms with Gasteiger partial charge in [0.25, 0.3) is 0 Å². The van der Waals surface area contributed by atoms with Crippen LogP contribution in [0.3, 0.4) is 0 Å². The third kappa shape index (κ3) is 3.01. The quantitative estimate of drug-likeness (QED) is 0.813. The van der Waals surface area contributed by atoms with Crippen molar-refractivity contribution in [2.24, 2.45) is 5.92 Å². The molecule has 0 saturated heterocycles. The minimum atomic E-state index is -0.520. The van der Waals surface area contributed by atoms with Gasteiger partial charge in [-0.2, -0.15) is 0 Å². The summed E-state index contributed by atoms with van der Waals surface area (Å²) in [6, 6.07) is 3.84. The Morgan fingerprint density at radius 1 is 1.31 bits per heavy atom. The molecule has 0 spiro atoms. The standard InChI is InChI=1S/C13H19F2N/c1-4-9(2)12(8-16-3)11-6-5-10(14)7-13(11)15/h5-7,9,12,16H,4,8H2,1-3H3. The molecule has 0 bridgehead atoms. The van der Waals surface area contributed by atoms with E-state index in [1.165, 1.54) is 6.07 Å². The number of benzene rings is 1. The summed E-state index contributed by atoms with van der Waals surface area (Å²) in [5.41, 5.74) is 0.602. The van der Waals surface area contributed by atoms with Crippen LogP contribution in [0.2, 0.25) is 0 Å². The Morgan fingerprint density at radius 3 is 2.50 bits per heavy atom. The Balaban J connectivity index is 3.00. The molecule has 3 heteroatoms. The Labute approximate surface area is 95.9 Å². The number of halogens is 2. The van der Waals surface area contributed by atoms with Gasteiger partial charge in [-0.25, -0.2) is 8.78 Å². The first-order valence-corrected chi connectivity index (χ1v) is 5.69. The molecule has 1 aromatic rings. The van der Waals surface area contributed by atoms with Crippen LogP contribution in [0.4, 0.5) is 8.78 Å². The zero-order valence-electron chi connectivity index (χ0n) is 10.1. The number of rotatable bonds is 5. The van der Waals surface area contributed by atoms with E-state index < -0.39 is 11.6 Å². The first-order valence-electron chi connectivity index (χ1n) is 5.69. The van der Waals surface area contributed by atoms with Crippen LogP contribution in [-0.4, -0.2) is 13.6 Å². The Morgan fingerprint density at radius 2 is 2.00 bits per heavy atom. The highest BCUT2D eigenvalue weighted by Crippen LogP contribution is 2.28. The molecule has 1 rings (SSSR count). The molecule has 0 saturated carbocycles. The Hall–Kier alpha value is -0.960. The van der Waals surface area contributed by atoms with Crippen molar-refractivity contribution in [2.75, 3.05) is 13.6 Å². The van der Waals surface area contributed by atoms with E-state index in [-0.39, 0.29) is 5.92 Å². The van der Waals surface area contributed by atoms with Gasteiger partial charge in [-0.05, 0) is 24.6 Å². The van der Waals surface area contributed by atoms with Gasteiger partial charge in [0.1, 0.15) is 11.6 Å². The molecule has 16 heavy (non-hydrogen) atoms. The molecule has 1 aromatic carbocycles. The molecule has 0 radical (unpaired) electrons. The normalized spacial score (nSPS) is 14.8. The van der Waals surface area contributed by atoms with Crippen molar-refractivity contribution in [1.29, 1.82) is 0 Å². The van der Waals surface area contributed by atoms with Crippen molar-refractivity contribution in [3.63, 3.8) is 0 Å². The van der Waals surface area contributed by atoms with Crippen molar-refractivity contribution in [3.8, 4) is 0 Å². The molecule has 0 heterocycles. The predicted molar refractivity (Wildman–Crippen MR) is 62.5 cm³/mol. The number of nitrogens with one attached hydrogen (secondary N) is 1. The summed E-state index contributed by atoms with van der Waals surface area (Å²) >= 11 is 0. The monoisotopic (exact) mass is 227 g/mol. The maximum Gasteiger partial charge on any atom is 0.129 e. The molecule has 0 aliphatic heterocycles. The highest BCUT2D eigenvalue weighted by atomic mass is 19.1. The Kier molecular flexibility index (Phi) is 4.87. The number of likely N-dealkylation sites (N-methyl/N-ethyl adjacent to an activating group) is 1. The first-order chi connectivity index (χ1) is 7.60. The molecule has 0 aliphatic rings. The molecule has 1 N–H and O–H groups in total. The van der Waals surface area contributed by atoms with E-state index in [9.17, 15) is 8.78 Å². The molecule has 1 nitrogen and oxygen atoms in total. The van der Waals surface area contributed by atoms with Gasteiger partial charge in [0.15, 0.2) is 0 Å². The smallest absolute Gasteiger partial charge is 0.129 e. The van der Waals surface area contributed by atoms with Crippen molar-refractivity contribution in [2.45, 2.75) is 26.2 Å². The minimum absolute atomic E-state index is 0.0931. The van der Waals surface area contributed by atoms with Crippen molar-refractivity contribution < 1.29 is 8.78 Å². The van der Waals surface area contributed by atoms with Crippen LogP contribution in [0.15, 0.2) is 18.2 Å². The molecule has 0 amide bonds. The summed E-state index contributed by atoms with van der Waals surface area (Å²) in [6.45, 7) is 4.87. The van der Waals surface area contributed by atoms with Crippen LogP contribution < -0.4 is 5.32 Å². The second-order valence-electron chi connectivity index (χ2n) is 4.22. The van der Waals surface area contributed by atoms with Crippen molar-refractivity contribution in [3.05, 3.63) is 35.4 Å². The van der Waals surface area contributed by atoms with Crippen LogP contribution in [0.1, 0.15) is 31.7 Å². The minimum Gasteiger partial charge on any atom is -0.319 e. The second-order valence-corrected chi connectivity index (χ2v) is 4.22. The van der Waals surface area contributed by atoms with E-state index in [0.29, 0.717) is 18.0 Å². The fraction of sp³-hybridized carbons (Fsp3) is 0.538. The highest BCUT2D eigenvalue weighted by Gasteiger charge is 2.20. The van der Waals surface area contributed by atoms with Gasteiger partial charge in [-0.1, -0.05) is 26.3 Å². The lowest BCUT2D eigenvalue weighted by atomic mass is 9.85. The summed E-state index contributed by atoms with van der Waals surface area (Å²) < 4.78 is 26.5. The second kappa shape index (κ2) is 5.94. The summed E-state index contributed by atoms with van der Waals surface area (Å²) in [4.78, 5) is 0. The molecule has 0 aromatic heterocycles. The zero-order chi connectivity index (χ0) is 12.1. The average Bonchev–Trinajstić information content (AvgIpc) is 2.26. The van der Waals surface area contributed by atoms with Gasteiger partial charge in [0.05, 0.1) is 0 Å². The van der Waals surface area contributed by atoms with Crippen LogP contribution in [0, 0.1) is 17.6 Å². The summed E-state index contributed by atoms with van der Waals surface area (Å²) in [6.07, 6.45) is 0.975. The fourth-order valence-electron chi connectivity index (χ4n) is 1.92. The van der Waals surface area contributed by atoms with Crippen molar-refractivity contribution >= 4 is 0 Å². The highest BCUT2D eigenvalue weighted by molar-refractivity contribution is 5.23. The first kappa shape index (κ1) is 13.1. The van der Waals surface area contributed by atoms with Crippen LogP contribution in [0.25, 0.3) is 0 Å². The average molecular weight is 227 g/mol. The third-order valence-electron chi connectivity index (χ3n) is 3.12. The van der Waals surface area contributed by atoms with E-state index in [2.05, 4.69) is 19.2 Å². The number of hydrogen-bond donors (Lipinski definition) is 1. The summed E-state index contributed by atoms with van der Waals surface area (Å²) in [5.74, 6) is -0.503. The van der Waals surface area contributed by atoms with Crippen molar-refractivity contribution in [1.82, 2.24) is 5.32 Å². The number of hydrogen-bond acceptors (Lipinski definition) is 1. The third-order valence-corrected chi connectivity index (χ3v) is 3.12. The molecular formula is C13H19F2N. The summed E-state index contributed by atoms with van der Waals surface area (Å²) in [7, 11) is 1.84. The van der Waals surface area contributed by atoms with E-state index >= 15 is 0 Å². The fourth-order valence-corrected chi connectivity index (χ4v) is 1.92. The maximum absolute atomic E-state index is 13.7. The zero-order valence-corrected chi connectivity index (χ0v) is 10.1. The van der Waals surface area contributed by atoms with E-state index in [0.717, 1.165) is 12.5 Å². The van der Waals surface area contributed by atoms with Crippen LogP contribution in [-0.2, 0) is 0 Å². The van der Waals surface area contributed by atoms with E-state index in [1.807, 2.05) is 7.05 Å². The molecule has 0 fully saturated rings. The van der Waals surface area contributed by atoms with Gasteiger partial charge in [-0.3, -0.25) is 0 Å². The molecule has 0 aliphatic carbocycles.